The van der Waals surface area contributed by atoms with Gasteiger partial charge in [-0.05, 0) is 56.7 Å². The predicted molar refractivity (Wildman–Crippen MR) is 95.3 cm³/mol. The molecule has 1 heterocycles. The lowest BCUT2D eigenvalue weighted by Gasteiger charge is -2.21. The number of amides is 1. The number of hydrogen-bond donors (Lipinski definition) is 2. The number of anilines is 1. The molecule has 3 aromatic rings. The summed E-state index contributed by atoms with van der Waals surface area (Å²) in [6.45, 7) is 6.01. The third kappa shape index (κ3) is 4.13. The van der Waals surface area contributed by atoms with Crippen molar-refractivity contribution >= 4 is 22.6 Å². The lowest BCUT2D eigenvalue weighted by molar-refractivity contribution is -0.115. The van der Waals surface area contributed by atoms with Crippen molar-refractivity contribution in [3.8, 4) is 5.75 Å². The van der Waals surface area contributed by atoms with Crippen molar-refractivity contribution < 1.29 is 9.53 Å². The lowest BCUT2D eigenvalue weighted by atomic mass is 10.1. The first-order valence-corrected chi connectivity index (χ1v) is 7.90. The Labute approximate surface area is 141 Å². The van der Waals surface area contributed by atoms with E-state index in [4.69, 9.17) is 4.74 Å². The van der Waals surface area contributed by atoms with Gasteiger partial charge in [0.25, 0.3) is 0 Å². The zero-order valence-electron chi connectivity index (χ0n) is 14.1. The minimum absolute atomic E-state index is 0.0571. The summed E-state index contributed by atoms with van der Waals surface area (Å²) in [5.41, 5.74) is 3.24. The number of fused-ring (bicyclic) bond motifs is 1. The highest BCUT2D eigenvalue weighted by Gasteiger charge is 2.12. The van der Waals surface area contributed by atoms with Crippen molar-refractivity contribution in [2.75, 3.05) is 5.32 Å². The molecule has 0 aliphatic rings. The second kappa shape index (κ2) is 6.35. The van der Waals surface area contributed by atoms with E-state index in [1.165, 1.54) is 0 Å². The van der Waals surface area contributed by atoms with Crippen LogP contribution in [0.1, 0.15) is 26.3 Å². The number of H-pyrrole nitrogens is 1. The normalized spacial score (nSPS) is 11.5. The van der Waals surface area contributed by atoms with Crippen molar-refractivity contribution in [1.82, 2.24) is 9.97 Å². The Morgan fingerprint density at radius 2 is 1.92 bits per heavy atom. The Morgan fingerprint density at radius 1 is 1.17 bits per heavy atom. The summed E-state index contributed by atoms with van der Waals surface area (Å²) >= 11 is 0. The number of benzene rings is 2. The molecule has 124 valence electrons. The summed E-state index contributed by atoms with van der Waals surface area (Å²) in [5.74, 6) is 0.745. The molecule has 5 heteroatoms. The van der Waals surface area contributed by atoms with E-state index >= 15 is 0 Å². The van der Waals surface area contributed by atoms with Gasteiger partial charge in [-0.25, -0.2) is 4.98 Å². The molecular weight excluding hydrogens is 302 g/mol. The van der Waals surface area contributed by atoms with Gasteiger partial charge in [0, 0.05) is 5.69 Å². The zero-order valence-corrected chi connectivity index (χ0v) is 14.1. The number of carbonyl (C=O) groups is 1. The number of rotatable bonds is 4. The summed E-state index contributed by atoms with van der Waals surface area (Å²) in [5, 5.41) is 2.91. The molecule has 0 radical (unpaired) electrons. The maximum absolute atomic E-state index is 12.2. The molecule has 1 aromatic heterocycles. The van der Waals surface area contributed by atoms with Crippen molar-refractivity contribution in [3.63, 3.8) is 0 Å². The number of nitrogens with one attached hydrogen (secondary N) is 2. The monoisotopic (exact) mass is 323 g/mol. The topological polar surface area (TPSA) is 67.0 Å². The van der Waals surface area contributed by atoms with E-state index < -0.39 is 0 Å². The van der Waals surface area contributed by atoms with Crippen LogP contribution >= 0.6 is 0 Å². The first kappa shape index (κ1) is 16.1. The quantitative estimate of drug-likeness (QED) is 0.764. The fourth-order valence-corrected chi connectivity index (χ4v) is 2.43. The Morgan fingerprint density at radius 3 is 2.62 bits per heavy atom. The largest absolute Gasteiger partial charge is 0.488 e. The molecule has 0 bridgehead atoms. The average molecular weight is 323 g/mol. The van der Waals surface area contributed by atoms with E-state index in [1.54, 1.807) is 6.33 Å². The molecule has 0 fully saturated rings. The fourth-order valence-electron chi connectivity index (χ4n) is 2.43. The van der Waals surface area contributed by atoms with Crippen molar-refractivity contribution in [2.24, 2.45) is 0 Å². The average Bonchev–Trinajstić information content (AvgIpc) is 2.95. The molecule has 0 saturated carbocycles. The smallest absolute Gasteiger partial charge is 0.228 e. The van der Waals surface area contributed by atoms with Crippen LogP contribution in [-0.2, 0) is 11.2 Å². The van der Waals surface area contributed by atoms with Crippen LogP contribution in [0.15, 0.2) is 48.8 Å². The van der Waals surface area contributed by atoms with Crippen LogP contribution < -0.4 is 10.1 Å². The van der Waals surface area contributed by atoms with Crippen LogP contribution in [0.2, 0.25) is 0 Å². The van der Waals surface area contributed by atoms with Crippen LogP contribution in [0.5, 0.6) is 5.75 Å². The number of carbonyl (C=O) groups excluding carboxylic acids is 1. The number of imidazole rings is 1. The Kier molecular flexibility index (Phi) is 4.25. The van der Waals surface area contributed by atoms with Crippen LogP contribution in [0, 0.1) is 0 Å². The van der Waals surface area contributed by atoms with Gasteiger partial charge in [0.1, 0.15) is 11.4 Å². The van der Waals surface area contributed by atoms with Gasteiger partial charge in [-0.2, -0.15) is 0 Å². The number of aromatic amines is 1. The molecular formula is C19H21N3O2. The Hall–Kier alpha value is -2.82. The maximum atomic E-state index is 12.2. The maximum Gasteiger partial charge on any atom is 0.228 e. The summed E-state index contributed by atoms with van der Waals surface area (Å²) < 4.78 is 5.78. The van der Waals surface area contributed by atoms with Crippen molar-refractivity contribution in [3.05, 3.63) is 54.4 Å². The number of nitrogens with zero attached hydrogens (tertiary/aromatic N) is 1. The Bertz CT molecular complexity index is 845. The first-order valence-electron chi connectivity index (χ1n) is 7.90. The second-order valence-corrected chi connectivity index (χ2v) is 6.72. The molecule has 2 aromatic carbocycles. The minimum Gasteiger partial charge on any atom is -0.488 e. The first-order chi connectivity index (χ1) is 11.4. The van der Waals surface area contributed by atoms with E-state index in [1.807, 2.05) is 63.2 Å². The third-order valence-corrected chi connectivity index (χ3v) is 3.42. The highest BCUT2D eigenvalue weighted by molar-refractivity contribution is 5.94. The zero-order chi connectivity index (χ0) is 17.2. The standard InChI is InChI=1S/C19H21N3O2/c1-19(2,3)24-15-7-4-13(5-8-15)10-18(23)22-14-6-9-16-17(11-14)21-12-20-16/h4-9,11-12H,10H2,1-3H3,(H,20,21)(H,22,23). The molecule has 0 atom stereocenters. The molecule has 24 heavy (non-hydrogen) atoms. The van der Waals surface area contributed by atoms with E-state index in [-0.39, 0.29) is 11.5 Å². The molecule has 3 rings (SSSR count). The van der Waals surface area contributed by atoms with E-state index in [0.29, 0.717) is 6.42 Å². The highest BCUT2D eigenvalue weighted by atomic mass is 16.5. The highest BCUT2D eigenvalue weighted by Crippen LogP contribution is 2.19. The SMILES string of the molecule is CC(C)(C)Oc1ccc(CC(=O)Nc2ccc3nc[nH]c3c2)cc1. The van der Waals surface area contributed by atoms with Gasteiger partial charge in [-0.15, -0.1) is 0 Å². The molecule has 0 aliphatic carbocycles. The fraction of sp³-hybridized carbons (Fsp3) is 0.263. The van der Waals surface area contributed by atoms with Gasteiger partial charge in [-0.1, -0.05) is 12.1 Å². The molecule has 0 aliphatic heterocycles. The van der Waals surface area contributed by atoms with Crippen LogP contribution in [-0.4, -0.2) is 21.5 Å². The van der Waals surface area contributed by atoms with Gasteiger partial charge in [-0.3, -0.25) is 4.79 Å². The van der Waals surface area contributed by atoms with Crippen LogP contribution in [0.3, 0.4) is 0 Å². The molecule has 2 N–H and O–H groups in total. The molecule has 0 unspecified atom stereocenters. The van der Waals surface area contributed by atoms with E-state index in [9.17, 15) is 4.79 Å². The number of aromatic nitrogens is 2. The van der Waals surface area contributed by atoms with E-state index in [0.717, 1.165) is 28.0 Å². The summed E-state index contributed by atoms with van der Waals surface area (Å²) in [7, 11) is 0. The Balaban J connectivity index is 1.61. The summed E-state index contributed by atoms with van der Waals surface area (Å²) in [6.07, 6.45) is 1.95. The van der Waals surface area contributed by atoms with Crippen molar-refractivity contribution in [2.45, 2.75) is 32.8 Å². The minimum atomic E-state index is -0.232. The van der Waals surface area contributed by atoms with Crippen LogP contribution in [0.4, 0.5) is 5.69 Å². The number of ether oxygens (including phenoxy) is 1. The second-order valence-electron chi connectivity index (χ2n) is 6.72. The predicted octanol–water partition coefficient (Wildman–Crippen LogP) is 3.92. The van der Waals surface area contributed by atoms with Crippen LogP contribution in [0.25, 0.3) is 11.0 Å². The number of hydrogen-bond acceptors (Lipinski definition) is 3. The molecule has 5 nitrogen and oxygen atoms in total. The van der Waals surface area contributed by atoms with Gasteiger partial charge >= 0.3 is 0 Å². The van der Waals surface area contributed by atoms with Gasteiger partial charge in [0.15, 0.2) is 0 Å². The van der Waals surface area contributed by atoms with Gasteiger partial charge in [0.05, 0.1) is 23.8 Å². The van der Waals surface area contributed by atoms with Crippen molar-refractivity contribution in [1.29, 1.82) is 0 Å². The van der Waals surface area contributed by atoms with E-state index in [2.05, 4.69) is 15.3 Å². The molecule has 0 saturated heterocycles. The van der Waals surface area contributed by atoms with Gasteiger partial charge in [0.2, 0.25) is 5.91 Å². The third-order valence-electron chi connectivity index (χ3n) is 3.42. The molecule has 0 spiro atoms. The summed E-state index contributed by atoms with van der Waals surface area (Å²) in [6, 6.07) is 13.2. The summed E-state index contributed by atoms with van der Waals surface area (Å²) in [4.78, 5) is 19.4. The van der Waals surface area contributed by atoms with Gasteiger partial charge < -0.3 is 15.0 Å². The molecule has 1 amide bonds. The lowest BCUT2D eigenvalue weighted by Crippen LogP contribution is -2.22.